The Morgan fingerprint density at radius 1 is 0.333 bits per heavy atom. The quantitative estimate of drug-likeness (QED) is 0.154. The molecule has 7 heteroatoms. The standard InChI is InChI=1S/C80H77BF3N3/c1-48-28-32-61(49(2)36-48)52-30-35-69(64(39-52)62-33-31-54(37-50(62)3)80(82,83)84)87-68-25-19-16-22-63(68)65-38-51(29-34-70(65)87)53-40-73-75-74(41-53)86(60-46-57(78(10,11)12)43-58(47-60)79(13,14)15)72-27-21-18-24-67(72)81(75)66-23-17-20-26-71(66)85(73)59-44-55(76(4,5)6)42-56(45-59)77(7,8)9/h16-47H,1-15H3. The van der Waals surface area contributed by atoms with Crippen molar-refractivity contribution in [3.8, 4) is 39.1 Å². The summed E-state index contributed by atoms with van der Waals surface area (Å²) in [6.07, 6.45) is -4.47. The topological polar surface area (TPSA) is 11.4 Å². The van der Waals surface area contributed by atoms with Crippen molar-refractivity contribution >= 4 is 79.0 Å². The van der Waals surface area contributed by atoms with Crippen LogP contribution in [-0.4, -0.2) is 11.3 Å². The minimum atomic E-state index is -4.47. The van der Waals surface area contributed by atoms with Crippen LogP contribution in [0.4, 0.5) is 47.3 Å². The second-order valence-corrected chi connectivity index (χ2v) is 28.8. The van der Waals surface area contributed by atoms with Crippen molar-refractivity contribution in [3.05, 3.63) is 239 Å². The van der Waals surface area contributed by atoms with Gasteiger partial charge in [-0.2, -0.15) is 13.2 Å². The van der Waals surface area contributed by atoms with Crippen molar-refractivity contribution < 1.29 is 13.2 Å². The van der Waals surface area contributed by atoms with E-state index < -0.39 is 11.7 Å². The van der Waals surface area contributed by atoms with Gasteiger partial charge in [0, 0.05) is 50.5 Å². The van der Waals surface area contributed by atoms with Gasteiger partial charge in [-0.05, 0) is 211 Å². The zero-order valence-electron chi connectivity index (χ0n) is 53.0. The molecule has 0 spiro atoms. The van der Waals surface area contributed by atoms with Crippen molar-refractivity contribution in [2.45, 2.75) is 132 Å². The van der Waals surface area contributed by atoms with Gasteiger partial charge in [0.1, 0.15) is 0 Å². The molecule has 0 amide bonds. The second-order valence-electron chi connectivity index (χ2n) is 28.8. The van der Waals surface area contributed by atoms with Crippen LogP contribution in [0.3, 0.4) is 0 Å². The number of anilines is 6. The van der Waals surface area contributed by atoms with Crippen LogP contribution < -0.4 is 26.2 Å². The molecule has 87 heavy (non-hydrogen) atoms. The number of para-hydroxylation sites is 3. The van der Waals surface area contributed by atoms with Gasteiger partial charge in [0.15, 0.2) is 0 Å². The molecule has 0 atom stereocenters. The Bertz CT molecular complexity index is 4390. The molecule has 0 aliphatic carbocycles. The van der Waals surface area contributed by atoms with Gasteiger partial charge in [0.2, 0.25) is 0 Å². The van der Waals surface area contributed by atoms with Crippen molar-refractivity contribution in [3.63, 3.8) is 0 Å². The fourth-order valence-electron chi connectivity index (χ4n) is 13.6. The zero-order valence-corrected chi connectivity index (χ0v) is 53.0. The van der Waals surface area contributed by atoms with Crippen LogP contribution in [0.15, 0.2) is 194 Å². The molecule has 11 aromatic rings. The lowest BCUT2D eigenvalue weighted by atomic mass is 9.33. The minimum absolute atomic E-state index is 0.0611. The normalized spacial score (nSPS) is 13.6. The van der Waals surface area contributed by atoms with E-state index in [4.69, 9.17) is 0 Å². The molecule has 13 rings (SSSR count). The van der Waals surface area contributed by atoms with E-state index >= 15 is 0 Å². The molecule has 436 valence electrons. The maximum atomic E-state index is 14.3. The summed E-state index contributed by atoms with van der Waals surface area (Å²) < 4.78 is 45.3. The monoisotopic (exact) mass is 1150 g/mol. The smallest absolute Gasteiger partial charge is 0.311 e. The van der Waals surface area contributed by atoms with E-state index in [1.165, 1.54) is 56.3 Å². The van der Waals surface area contributed by atoms with Gasteiger partial charge < -0.3 is 14.4 Å². The predicted molar refractivity (Wildman–Crippen MR) is 365 cm³/mol. The predicted octanol–water partition coefficient (Wildman–Crippen LogP) is 21.0. The minimum Gasteiger partial charge on any atom is -0.311 e. The lowest BCUT2D eigenvalue weighted by Crippen LogP contribution is -2.61. The molecule has 0 N–H and O–H groups in total. The summed E-state index contributed by atoms with van der Waals surface area (Å²) in [5.74, 6) is 0. The number of alkyl halides is 3. The first-order valence-corrected chi connectivity index (χ1v) is 30.7. The highest BCUT2D eigenvalue weighted by Gasteiger charge is 2.44. The molecule has 10 aromatic carbocycles. The molecule has 2 aliphatic rings. The molecular formula is C80H77BF3N3. The second kappa shape index (κ2) is 20.3. The molecule has 0 saturated carbocycles. The molecular weight excluding hydrogens is 1070 g/mol. The molecule has 0 bridgehead atoms. The van der Waals surface area contributed by atoms with Crippen LogP contribution in [0.2, 0.25) is 0 Å². The number of hydrogen-bond donors (Lipinski definition) is 0. The zero-order chi connectivity index (χ0) is 61.6. The maximum Gasteiger partial charge on any atom is 0.416 e. The third-order valence-electron chi connectivity index (χ3n) is 18.5. The van der Waals surface area contributed by atoms with E-state index in [1.807, 2.05) is 0 Å². The number of halogens is 3. The van der Waals surface area contributed by atoms with Crippen LogP contribution in [0.25, 0.3) is 60.9 Å². The first kappa shape index (κ1) is 57.5. The number of aromatic nitrogens is 1. The highest BCUT2D eigenvalue weighted by atomic mass is 19.4. The number of hydrogen-bond acceptors (Lipinski definition) is 2. The molecule has 2 aliphatic heterocycles. The summed E-state index contributed by atoms with van der Waals surface area (Å²) in [6, 6.07) is 70.1. The van der Waals surface area contributed by atoms with Crippen LogP contribution in [0.5, 0.6) is 0 Å². The summed E-state index contributed by atoms with van der Waals surface area (Å²) in [6.45, 7) is 33.8. The summed E-state index contributed by atoms with van der Waals surface area (Å²) >= 11 is 0. The Morgan fingerprint density at radius 3 is 1.33 bits per heavy atom. The third kappa shape index (κ3) is 9.96. The number of fused-ring (bicyclic) bond motifs is 7. The Morgan fingerprint density at radius 2 is 0.816 bits per heavy atom. The van der Waals surface area contributed by atoms with E-state index in [9.17, 15) is 13.2 Å². The largest absolute Gasteiger partial charge is 0.416 e. The Labute approximate surface area is 513 Å². The maximum absolute atomic E-state index is 14.3. The van der Waals surface area contributed by atoms with Gasteiger partial charge in [0.25, 0.3) is 6.71 Å². The first-order chi connectivity index (χ1) is 41.0. The summed E-state index contributed by atoms with van der Waals surface area (Å²) in [5, 5.41) is 2.15. The van der Waals surface area contributed by atoms with E-state index in [-0.39, 0.29) is 28.4 Å². The molecule has 3 nitrogen and oxygen atoms in total. The van der Waals surface area contributed by atoms with Crippen molar-refractivity contribution in [2.75, 3.05) is 9.80 Å². The summed E-state index contributed by atoms with van der Waals surface area (Å²) in [4.78, 5) is 5.13. The van der Waals surface area contributed by atoms with E-state index in [1.54, 1.807) is 13.0 Å². The van der Waals surface area contributed by atoms with Gasteiger partial charge in [-0.1, -0.05) is 192 Å². The van der Waals surface area contributed by atoms with Crippen molar-refractivity contribution in [2.24, 2.45) is 0 Å². The van der Waals surface area contributed by atoms with Gasteiger partial charge >= 0.3 is 6.18 Å². The molecule has 0 unspecified atom stereocenters. The average Bonchev–Trinajstić information content (AvgIpc) is 1.18. The average molecular weight is 1150 g/mol. The summed E-state index contributed by atoms with van der Waals surface area (Å²) in [5.41, 5.74) is 26.3. The third-order valence-corrected chi connectivity index (χ3v) is 18.5. The highest BCUT2D eigenvalue weighted by molar-refractivity contribution is 7.00. The lowest BCUT2D eigenvalue weighted by molar-refractivity contribution is -0.137. The molecule has 3 heterocycles. The number of nitrogens with zero attached hydrogens (tertiary/aromatic N) is 3. The molecule has 0 radical (unpaired) electrons. The van der Waals surface area contributed by atoms with Crippen LogP contribution in [-0.2, 0) is 27.8 Å². The van der Waals surface area contributed by atoms with Gasteiger partial charge in [-0.15, -0.1) is 0 Å². The van der Waals surface area contributed by atoms with E-state index in [0.717, 1.165) is 101 Å². The fraction of sp³-hybridized carbons (Fsp3) is 0.250. The Hall–Kier alpha value is -8.55. The first-order valence-electron chi connectivity index (χ1n) is 30.7. The van der Waals surface area contributed by atoms with Gasteiger partial charge in [0.05, 0.1) is 22.3 Å². The van der Waals surface area contributed by atoms with E-state index in [0.29, 0.717) is 5.56 Å². The van der Waals surface area contributed by atoms with Gasteiger partial charge in [-0.25, -0.2) is 0 Å². The van der Waals surface area contributed by atoms with Crippen molar-refractivity contribution in [1.82, 2.24) is 4.57 Å². The SMILES string of the molecule is Cc1ccc(-c2ccc(-n3c4ccccc4c4cc(-c5cc6c7c(c5)N(c5cc(C(C)(C)C)cc(C(C)(C)C)c5)c5ccccc5B7c5ccccc5N6c5cc(C(C)(C)C)cc(C(C)(C)C)c5)ccc43)c(-c3ccc(C(F)(F)F)cc3C)c2)c(C)c1. The number of benzene rings is 10. The number of rotatable bonds is 6. The van der Waals surface area contributed by atoms with Gasteiger partial charge in [-0.3, -0.25) is 0 Å². The molecule has 0 fully saturated rings. The lowest BCUT2D eigenvalue weighted by Gasteiger charge is -2.45. The summed E-state index contributed by atoms with van der Waals surface area (Å²) in [7, 11) is 0. The van der Waals surface area contributed by atoms with Crippen LogP contribution in [0, 0.1) is 20.8 Å². The van der Waals surface area contributed by atoms with Crippen LogP contribution >= 0.6 is 0 Å². The molecule has 1 aromatic heterocycles. The fourth-order valence-corrected chi connectivity index (χ4v) is 13.6. The molecule has 0 saturated heterocycles. The highest BCUT2D eigenvalue weighted by Crippen LogP contribution is 2.50. The Balaban J connectivity index is 1.10. The number of aryl methyl sites for hydroxylation is 3. The van der Waals surface area contributed by atoms with E-state index in [2.05, 4.69) is 287 Å². The Kier molecular flexibility index (Phi) is 13.4. The van der Waals surface area contributed by atoms with Crippen LogP contribution in [0.1, 0.15) is 128 Å². The van der Waals surface area contributed by atoms with Crippen molar-refractivity contribution in [1.29, 1.82) is 0 Å².